The smallest absolute Gasteiger partial charge is 0.238 e. The van der Waals surface area contributed by atoms with E-state index in [2.05, 4.69) is 20.9 Å². The molecule has 1 atom stereocenters. The van der Waals surface area contributed by atoms with E-state index in [4.69, 9.17) is 4.74 Å². The second kappa shape index (κ2) is 10.8. The number of nitrogens with zero attached hydrogens (tertiary/aromatic N) is 1. The van der Waals surface area contributed by atoms with Gasteiger partial charge in [-0.2, -0.15) is 0 Å². The van der Waals surface area contributed by atoms with E-state index >= 15 is 0 Å². The summed E-state index contributed by atoms with van der Waals surface area (Å²) in [6.45, 7) is 4.08. The molecule has 8 heteroatoms. The van der Waals surface area contributed by atoms with Crippen LogP contribution in [0.3, 0.4) is 0 Å². The molecule has 0 aromatic heterocycles. The highest BCUT2D eigenvalue weighted by atomic mass is 35.5. The van der Waals surface area contributed by atoms with Gasteiger partial charge in [-0.05, 0) is 24.3 Å². The third-order valence-electron chi connectivity index (χ3n) is 4.67. The lowest BCUT2D eigenvalue weighted by molar-refractivity contribution is -0.118. The molecule has 29 heavy (non-hydrogen) atoms. The number of benzene rings is 2. The second-order valence-electron chi connectivity index (χ2n) is 6.74. The fourth-order valence-electron chi connectivity index (χ4n) is 3.45. The standard InChI is InChI=1S/C21H26N4O3.ClH/c1-15(26)23-16-6-5-7-17(12-16)24-21(27)14-25-11-10-22-13-19(25)18-8-3-4-9-20(18)28-2;/h3-9,12,19,22H,10-11,13-14H2,1-2H3,(H,23,26)(H,24,27);1H. The van der Waals surface area contributed by atoms with Gasteiger partial charge in [-0.25, -0.2) is 0 Å². The number of hydrogen-bond acceptors (Lipinski definition) is 5. The predicted molar refractivity (Wildman–Crippen MR) is 117 cm³/mol. The summed E-state index contributed by atoms with van der Waals surface area (Å²) in [5.74, 6) is 0.579. The Bertz CT molecular complexity index is 846. The number of para-hydroxylation sites is 1. The first kappa shape index (κ1) is 22.7. The Morgan fingerprint density at radius 2 is 1.86 bits per heavy atom. The summed E-state index contributed by atoms with van der Waals surface area (Å²) < 4.78 is 5.50. The van der Waals surface area contributed by atoms with Crippen molar-refractivity contribution in [3.8, 4) is 5.75 Å². The summed E-state index contributed by atoms with van der Waals surface area (Å²) >= 11 is 0. The largest absolute Gasteiger partial charge is 0.496 e. The number of amides is 2. The Morgan fingerprint density at radius 3 is 2.59 bits per heavy atom. The number of carbonyl (C=O) groups excluding carboxylic acids is 2. The fourth-order valence-corrected chi connectivity index (χ4v) is 3.45. The highest BCUT2D eigenvalue weighted by Crippen LogP contribution is 2.30. The number of hydrogen-bond donors (Lipinski definition) is 3. The van der Waals surface area contributed by atoms with E-state index in [1.165, 1.54) is 6.92 Å². The first-order valence-corrected chi connectivity index (χ1v) is 9.32. The van der Waals surface area contributed by atoms with Crippen LogP contribution in [0.1, 0.15) is 18.5 Å². The number of ether oxygens (including phenoxy) is 1. The molecule has 2 aromatic carbocycles. The predicted octanol–water partition coefficient (Wildman–Crippen LogP) is 2.66. The Kier molecular flexibility index (Phi) is 8.45. The molecule has 2 aromatic rings. The van der Waals surface area contributed by atoms with Gasteiger partial charge < -0.3 is 20.7 Å². The number of carbonyl (C=O) groups is 2. The summed E-state index contributed by atoms with van der Waals surface area (Å²) in [5.41, 5.74) is 2.37. The first-order valence-electron chi connectivity index (χ1n) is 9.32. The molecule has 1 aliphatic heterocycles. The molecule has 0 aliphatic carbocycles. The quantitative estimate of drug-likeness (QED) is 0.671. The lowest BCUT2D eigenvalue weighted by Crippen LogP contribution is -2.48. The van der Waals surface area contributed by atoms with Gasteiger partial charge in [0.2, 0.25) is 11.8 Å². The molecule has 1 heterocycles. The maximum atomic E-state index is 12.7. The van der Waals surface area contributed by atoms with Crippen molar-refractivity contribution < 1.29 is 14.3 Å². The SMILES string of the molecule is COc1ccccc1C1CNCCN1CC(=O)Nc1cccc(NC(C)=O)c1.Cl. The van der Waals surface area contributed by atoms with Crippen molar-refractivity contribution in [2.24, 2.45) is 0 Å². The van der Waals surface area contributed by atoms with Gasteiger partial charge in [0.1, 0.15) is 5.75 Å². The number of halogens is 1. The zero-order valence-electron chi connectivity index (χ0n) is 16.6. The summed E-state index contributed by atoms with van der Waals surface area (Å²) in [7, 11) is 1.66. The maximum absolute atomic E-state index is 12.7. The molecular formula is C21H27ClN4O3. The topological polar surface area (TPSA) is 82.7 Å². The van der Waals surface area contributed by atoms with Crippen LogP contribution in [0.25, 0.3) is 0 Å². The fraction of sp³-hybridized carbons (Fsp3) is 0.333. The maximum Gasteiger partial charge on any atom is 0.238 e. The minimum Gasteiger partial charge on any atom is -0.496 e. The van der Waals surface area contributed by atoms with E-state index in [1.54, 1.807) is 31.4 Å². The van der Waals surface area contributed by atoms with E-state index in [1.807, 2.05) is 24.3 Å². The minimum atomic E-state index is -0.149. The zero-order chi connectivity index (χ0) is 19.9. The van der Waals surface area contributed by atoms with Gasteiger partial charge in [-0.3, -0.25) is 14.5 Å². The van der Waals surface area contributed by atoms with Crippen LogP contribution in [0.4, 0.5) is 11.4 Å². The Morgan fingerprint density at radius 1 is 1.14 bits per heavy atom. The molecule has 1 unspecified atom stereocenters. The Balaban J connectivity index is 0.00000300. The third-order valence-corrected chi connectivity index (χ3v) is 4.67. The van der Waals surface area contributed by atoms with Crippen LogP contribution in [0, 0.1) is 0 Å². The van der Waals surface area contributed by atoms with Crippen molar-refractivity contribution in [1.29, 1.82) is 0 Å². The van der Waals surface area contributed by atoms with Crippen LogP contribution < -0.4 is 20.7 Å². The Hall–Kier alpha value is -2.61. The summed E-state index contributed by atoms with van der Waals surface area (Å²) in [6.07, 6.45) is 0. The van der Waals surface area contributed by atoms with Crippen LogP contribution >= 0.6 is 12.4 Å². The third kappa shape index (κ3) is 6.19. The molecule has 0 bridgehead atoms. The summed E-state index contributed by atoms with van der Waals surface area (Å²) in [4.78, 5) is 26.0. The molecule has 7 nitrogen and oxygen atoms in total. The lowest BCUT2D eigenvalue weighted by atomic mass is 10.0. The van der Waals surface area contributed by atoms with E-state index in [0.29, 0.717) is 11.4 Å². The molecule has 0 radical (unpaired) electrons. The van der Waals surface area contributed by atoms with E-state index < -0.39 is 0 Å². The molecule has 1 fully saturated rings. The first-order chi connectivity index (χ1) is 13.6. The molecule has 156 valence electrons. The lowest BCUT2D eigenvalue weighted by Gasteiger charge is -2.36. The number of piperazine rings is 1. The number of nitrogens with one attached hydrogen (secondary N) is 3. The number of methoxy groups -OCH3 is 1. The van der Waals surface area contributed by atoms with E-state index in [9.17, 15) is 9.59 Å². The highest BCUT2D eigenvalue weighted by Gasteiger charge is 2.27. The van der Waals surface area contributed by atoms with Gasteiger partial charge >= 0.3 is 0 Å². The number of rotatable bonds is 6. The van der Waals surface area contributed by atoms with Gasteiger partial charge in [-0.1, -0.05) is 24.3 Å². The molecule has 1 aliphatic rings. The van der Waals surface area contributed by atoms with Gasteiger partial charge in [0.25, 0.3) is 0 Å². The molecule has 3 N–H and O–H groups in total. The Labute approximate surface area is 177 Å². The number of anilines is 2. The minimum absolute atomic E-state index is 0. The van der Waals surface area contributed by atoms with Crippen LogP contribution in [0.15, 0.2) is 48.5 Å². The highest BCUT2D eigenvalue weighted by molar-refractivity contribution is 5.94. The van der Waals surface area contributed by atoms with E-state index in [-0.39, 0.29) is 36.8 Å². The average Bonchev–Trinajstić information content (AvgIpc) is 2.68. The molecule has 3 rings (SSSR count). The van der Waals surface area contributed by atoms with E-state index in [0.717, 1.165) is 30.9 Å². The van der Waals surface area contributed by atoms with Crippen molar-refractivity contribution in [2.45, 2.75) is 13.0 Å². The zero-order valence-corrected chi connectivity index (χ0v) is 17.4. The van der Waals surface area contributed by atoms with Gasteiger partial charge in [0.15, 0.2) is 0 Å². The summed E-state index contributed by atoms with van der Waals surface area (Å²) in [6, 6.07) is 15.1. The van der Waals surface area contributed by atoms with Crippen molar-refractivity contribution in [1.82, 2.24) is 10.2 Å². The van der Waals surface area contributed by atoms with Crippen molar-refractivity contribution in [2.75, 3.05) is 43.9 Å². The van der Waals surface area contributed by atoms with Crippen LogP contribution in [0.2, 0.25) is 0 Å². The molecule has 0 spiro atoms. The molecule has 2 amide bonds. The van der Waals surface area contributed by atoms with Crippen molar-refractivity contribution in [3.63, 3.8) is 0 Å². The van der Waals surface area contributed by atoms with Crippen molar-refractivity contribution in [3.05, 3.63) is 54.1 Å². The second-order valence-corrected chi connectivity index (χ2v) is 6.74. The van der Waals surface area contributed by atoms with Gasteiger partial charge in [0.05, 0.1) is 19.7 Å². The average molecular weight is 419 g/mol. The van der Waals surface area contributed by atoms with Crippen LogP contribution in [0.5, 0.6) is 5.75 Å². The van der Waals surface area contributed by atoms with Crippen LogP contribution in [-0.2, 0) is 9.59 Å². The van der Waals surface area contributed by atoms with Gasteiger partial charge in [-0.15, -0.1) is 12.4 Å². The monoisotopic (exact) mass is 418 g/mol. The normalized spacial score (nSPS) is 16.4. The summed E-state index contributed by atoms with van der Waals surface area (Å²) in [5, 5.41) is 9.03. The molecule has 1 saturated heterocycles. The molecule has 0 saturated carbocycles. The van der Waals surface area contributed by atoms with Gasteiger partial charge in [0, 0.05) is 43.5 Å². The molecular weight excluding hydrogens is 392 g/mol. The van der Waals surface area contributed by atoms with Crippen molar-refractivity contribution >= 4 is 35.6 Å². The van der Waals surface area contributed by atoms with Crippen LogP contribution in [-0.4, -0.2) is 50.0 Å².